The molecule has 1 unspecified atom stereocenters. The molecule has 2 aromatic carbocycles. The minimum absolute atomic E-state index is 0.00796. The van der Waals surface area contributed by atoms with Crippen molar-refractivity contribution >= 4 is 10.8 Å². The Hall–Kier alpha value is -1.85. The average Bonchev–Trinajstić information content (AvgIpc) is 2.44. The Morgan fingerprint density at radius 2 is 1.84 bits per heavy atom. The molecule has 0 aliphatic carbocycles. The van der Waals surface area contributed by atoms with Crippen molar-refractivity contribution < 1.29 is 0 Å². The molecule has 19 heavy (non-hydrogen) atoms. The molecule has 2 nitrogen and oxygen atoms in total. The summed E-state index contributed by atoms with van der Waals surface area (Å²) in [5.41, 5.74) is 1.31. The van der Waals surface area contributed by atoms with Gasteiger partial charge in [0.15, 0.2) is 0 Å². The molecule has 0 aliphatic rings. The predicted octanol–water partition coefficient (Wildman–Crippen LogP) is 3.62. The monoisotopic (exact) mass is 252 g/mol. The molecule has 0 radical (unpaired) electrons. The Morgan fingerprint density at radius 3 is 2.58 bits per heavy atom. The first-order valence-corrected chi connectivity index (χ1v) is 6.66. The fraction of sp³-hybridized carbons (Fsp3) is 0.353. The average molecular weight is 252 g/mol. The lowest BCUT2D eigenvalue weighted by atomic mass is 9.81. The van der Waals surface area contributed by atoms with Crippen LogP contribution in [0.5, 0.6) is 0 Å². The molecule has 1 atom stereocenters. The van der Waals surface area contributed by atoms with Crippen molar-refractivity contribution in [1.82, 2.24) is 5.32 Å². The van der Waals surface area contributed by atoms with Crippen molar-refractivity contribution in [3.8, 4) is 6.07 Å². The highest BCUT2D eigenvalue weighted by molar-refractivity contribution is 5.86. The van der Waals surface area contributed by atoms with Crippen LogP contribution in [0.3, 0.4) is 0 Å². The van der Waals surface area contributed by atoms with Gasteiger partial charge in [0.25, 0.3) is 0 Å². The van der Waals surface area contributed by atoms with Gasteiger partial charge in [-0.1, -0.05) is 56.3 Å². The molecule has 2 aromatic rings. The zero-order valence-corrected chi connectivity index (χ0v) is 11.8. The molecule has 98 valence electrons. The molecule has 1 N–H and O–H groups in total. The van der Waals surface area contributed by atoms with Crippen molar-refractivity contribution in [2.75, 3.05) is 6.54 Å². The molecule has 0 spiro atoms. The quantitative estimate of drug-likeness (QED) is 0.902. The summed E-state index contributed by atoms with van der Waals surface area (Å²) in [5.74, 6) is 0. The largest absolute Gasteiger partial charge is 0.301 e. The Balaban J connectivity index is 2.35. The summed E-state index contributed by atoms with van der Waals surface area (Å²) in [4.78, 5) is 0. The summed E-state index contributed by atoms with van der Waals surface area (Å²) < 4.78 is 0. The number of hydrogen-bond donors (Lipinski definition) is 1. The fourth-order valence-electron chi connectivity index (χ4n) is 2.36. The highest BCUT2D eigenvalue weighted by Crippen LogP contribution is 2.29. The molecular weight excluding hydrogens is 232 g/mol. The summed E-state index contributed by atoms with van der Waals surface area (Å²) in [6.45, 7) is 7.10. The Morgan fingerprint density at radius 1 is 1.16 bits per heavy atom. The van der Waals surface area contributed by atoms with Crippen LogP contribution in [0.15, 0.2) is 42.5 Å². The van der Waals surface area contributed by atoms with Gasteiger partial charge in [0.2, 0.25) is 0 Å². The highest BCUT2D eigenvalue weighted by atomic mass is 14.9. The van der Waals surface area contributed by atoms with Gasteiger partial charge in [-0.3, -0.25) is 0 Å². The van der Waals surface area contributed by atoms with E-state index >= 15 is 0 Å². The number of nitrogens with zero attached hydrogens (tertiary/aromatic N) is 1. The zero-order chi connectivity index (χ0) is 13.9. The minimum atomic E-state index is -0.116. The number of nitrogens with one attached hydrogen (secondary N) is 1. The molecule has 0 saturated carbocycles. The first-order chi connectivity index (χ1) is 9.04. The SMILES string of the molecule is CC(C#N)NCC(C)(C)c1cccc2ccccc12. The van der Waals surface area contributed by atoms with Gasteiger partial charge in [0, 0.05) is 12.0 Å². The van der Waals surface area contributed by atoms with Crippen LogP contribution in [0.25, 0.3) is 10.8 Å². The second-order valence-corrected chi connectivity index (χ2v) is 5.64. The van der Waals surface area contributed by atoms with Crippen LogP contribution in [-0.4, -0.2) is 12.6 Å². The second-order valence-electron chi connectivity index (χ2n) is 5.64. The van der Waals surface area contributed by atoms with E-state index in [0.29, 0.717) is 0 Å². The van der Waals surface area contributed by atoms with Gasteiger partial charge in [-0.2, -0.15) is 5.26 Å². The maximum atomic E-state index is 8.86. The van der Waals surface area contributed by atoms with Gasteiger partial charge >= 0.3 is 0 Å². The van der Waals surface area contributed by atoms with Gasteiger partial charge < -0.3 is 5.32 Å². The summed E-state index contributed by atoms with van der Waals surface area (Å²) >= 11 is 0. The van der Waals surface area contributed by atoms with E-state index in [2.05, 4.69) is 67.7 Å². The Bertz CT molecular complexity index is 603. The van der Waals surface area contributed by atoms with Crippen LogP contribution in [0.4, 0.5) is 0 Å². The topological polar surface area (TPSA) is 35.8 Å². The molecule has 0 bridgehead atoms. The van der Waals surface area contributed by atoms with E-state index in [1.807, 2.05) is 6.92 Å². The third kappa shape index (κ3) is 2.94. The molecule has 0 heterocycles. The van der Waals surface area contributed by atoms with E-state index in [9.17, 15) is 0 Å². The van der Waals surface area contributed by atoms with Gasteiger partial charge in [-0.25, -0.2) is 0 Å². The number of rotatable bonds is 4. The fourth-order valence-corrected chi connectivity index (χ4v) is 2.36. The summed E-state index contributed by atoms with van der Waals surface area (Å²) in [6.07, 6.45) is 0. The van der Waals surface area contributed by atoms with Crippen LogP contribution >= 0.6 is 0 Å². The van der Waals surface area contributed by atoms with Crippen LogP contribution in [-0.2, 0) is 5.41 Å². The molecule has 2 heteroatoms. The number of hydrogen-bond acceptors (Lipinski definition) is 2. The lowest BCUT2D eigenvalue weighted by molar-refractivity contribution is 0.460. The van der Waals surface area contributed by atoms with Gasteiger partial charge in [-0.05, 0) is 23.3 Å². The molecule has 0 saturated heterocycles. The van der Waals surface area contributed by atoms with Crippen LogP contribution < -0.4 is 5.32 Å². The van der Waals surface area contributed by atoms with Crippen molar-refractivity contribution in [3.05, 3.63) is 48.0 Å². The van der Waals surface area contributed by atoms with E-state index in [-0.39, 0.29) is 11.5 Å². The number of nitriles is 1. The smallest absolute Gasteiger partial charge is 0.0924 e. The van der Waals surface area contributed by atoms with Crippen LogP contribution in [0.1, 0.15) is 26.3 Å². The number of fused-ring (bicyclic) bond motifs is 1. The van der Waals surface area contributed by atoms with E-state index < -0.39 is 0 Å². The third-order valence-electron chi connectivity index (χ3n) is 3.56. The Labute approximate surface area is 115 Å². The Kier molecular flexibility index (Phi) is 3.87. The highest BCUT2D eigenvalue weighted by Gasteiger charge is 2.22. The van der Waals surface area contributed by atoms with Crippen molar-refractivity contribution in [1.29, 1.82) is 5.26 Å². The molecule has 0 aromatic heterocycles. The molecule has 2 rings (SSSR count). The van der Waals surface area contributed by atoms with E-state index in [4.69, 9.17) is 5.26 Å². The standard InChI is InChI=1S/C17H20N2/c1-13(11-18)19-12-17(2,3)16-10-6-8-14-7-4-5-9-15(14)16/h4-10,13,19H,12H2,1-3H3. The molecular formula is C17H20N2. The number of benzene rings is 2. The minimum Gasteiger partial charge on any atom is -0.301 e. The predicted molar refractivity (Wildman–Crippen MR) is 80.1 cm³/mol. The summed E-state index contributed by atoms with van der Waals surface area (Å²) in [7, 11) is 0. The first kappa shape index (κ1) is 13.6. The van der Waals surface area contributed by atoms with E-state index in [1.165, 1.54) is 16.3 Å². The van der Waals surface area contributed by atoms with Crippen LogP contribution in [0, 0.1) is 11.3 Å². The molecule has 0 amide bonds. The lowest BCUT2D eigenvalue weighted by Gasteiger charge is -2.28. The van der Waals surface area contributed by atoms with Gasteiger partial charge in [0.05, 0.1) is 12.1 Å². The van der Waals surface area contributed by atoms with Crippen molar-refractivity contribution in [3.63, 3.8) is 0 Å². The van der Waals surface area contributed by atoms with Crippen LogP contribution in [0.2, 0.25) is 0 Å². The van der Waals surface area contributed by atoms with E-state index in [1.54, 1.807) is 0 Å². The molecule has 0 aliphatic heterocycles. The van der Waals surface area contributed by atoms with Gasteiger partial charge in [0.1, 0.15) is 0 Å². The van der Waals surface area contributed by atoms with E-state index in [0.717, 1.165) is 6.54 Å². The third-order valence-corrected chi connectivity index (χ3v) is 3.56. The summed E-state index contributed by atoms with van der Waals surface area (Å²) in [6, 6.07) is 17.0. The molecule has 0 fully saturated rings. The lowest BCUT2D eigenvalue weighted by Crippen LogP contribution is -2.37. The van der Waals surface area contributed by atoms with Crippen molar-refractivity contribution in [2.45, 2.75) is 32.2 Å². The second kappa shape index (κ2) is 5.42. The maximum absolute atomic E-state index is 8.86. The normalized spacial score (nSPS) is 13.2. The first-order valence-electron chi connectivity index (χ1n) is 6.66. The van der Waals surface area contributed by atoms with Crippen molar-refractivity contribution in [2.24, 2.45) is 0 Å². The summed E-state index contributed by atoms with van der Waals surface area (Å²) in [5, 5.41) is 14.7. The zero-order valence-electron chi connectivity index (χ0n) is 11.8. The van der Waals surface area contributed by atoms with Gasteiger partial charge in [-0.15, -0.1) is 0 Å². The maximum Gasteiger partial charge on any atom is 0.0924 e.